The minimum absolute atomic E-state index is 0.0927. The molecule has 0 aromatic heterocycles. The molecule has 0 saturated carbocycles. The minimum atomic E-state index is -4.30. The van der Waals surface area contributed by atoms with Crippen molar-refractivity contribution < 1.29 is 32.8 Å². The van der Waals surface area contributed by atoms with Gasteiger partial charge in [0.1, 0.15) is 6.10 Å². The van der Waals surface area contributed by atoms with Crippen molar-refractivity contribution in [1.82, 2.24) is 0 Å². The molecule has 0 amide bonds. The van der Waals surface area contributed by atoms with Gasteiger partial charge in [-0.1, -0.05) is 214 Å². The Kier molecular flexibility index (Phi) is 51.3. The second kappa shape index (κ2) is 53.4. The van der Waals surface area contributed by atoms with Crippen molar-refractivity contribution in [1.29, 1.82) is 0 Å². The van der Waals surface area contributed by atoms with Crippen LogP contribution in [0.2, 0.25) is 0 Å². The maximum Gasteiger partial charge on any atom is 0.472 e. The summed E-state index contributed by atoms with van der Waals surface area (Å²) in [6.45, 7) is 4.76. The van der Waals surface area contributed by atoms with E-state index in [-0.39, 0.29) is 32.3 Å². The zero-order chi connectivity index (χ0) is 48.0. The molecule has 2 unspecified atom stereocenters. The summed E-state index contributed by atoms with van der Waals surface area (Å²) in [7, 11) is -4.30. The van der Waals surface area contributed by atoms with Crippen molar-refractivity contribution in [3.63, 3.8) is 0 Å². The fourth-order valence-corrected chi connectivity index (χ4v) is 7.85. The van der Waals surface area contributed by atoms with E-state index < -0.39 is 13.9 Å². The molecule has 0 radical (unpaired) electrons. The van der Waals surface area contributed by atoms with Gasteiger partial charge in [-0.2, -0.15) is 0 Å². The van der Waals surface area contributed by atoms with Crippen LogP contribution in [0.4, 0.5) is 0 Å². The Hall–Kier alpha value is -2.58. The van der Waals surface area contributed by atoms with Crippen molar-refractivity contribution in [3.05, 3.63) is 97.2 Å². The molecular weight excluding hydrogens is 842 g/mol. The molecule has 8 nitrogen and oxygen atoms in total. The average molecular weight is 942 g/mol. The van der Waals surface area contributed by atoms with Gasteiger partial charge in [0.15, 0.2) is 0 Å². The first-order valence-electron chi connectivity index (χ1n) is 26.7. The van der Waals surface area contributed by atoms with E-state index in [0.717, 1.165) is 89.9 Å². The number of hydrogen-bond acceptors (Lipinski definition) is 7. The van der Waals surface area contributed by atoms with Crippen molar-refractivity contribution in [2.24, 2.45) is 5.73 Å². The molecule has 2 atom stereocenters. The lowest BCUT2D eigenvalue weighted by molar-refractivity contribution is -0.154. The van der Waals surface area contributed by atoms with Gasteiger partial charge in [0.25, 0.3) is 0 Å². The topological polar surface area (TPSA) is 117 Å². The second-order valence-electron chi connectivity index (χ2n) is 17.4. The molecule has 0 aliphatic heterocycles. The SMILES string of the molecule is CC/C=C\C/C=C\C/C=C\C/C=C\C/C=C\C/C=C\CCCCCCCCCOCC(COP(=O)(O)OCCN)OC(=O)CCCCCCCCCCC/C=C\C/C=C\CCCCCCC. The standard InChI is InChI=1S/C57H100NO7P/c1-3-5-7-9-11-13-15-17-19-21-23-25-26-27-28-29-31-33-35-37-39-41-43-45-47-49-52-62-54-56(55-64-66(60,61)63-53-51-58)65-57(59)50-48-46-44-42-40-38-36-34-32-30-24-22-20-18-16-14-12-10-8-6-4-2/h5,7,11,13,16-19,22-25,27-28,31,33,56H,3-4,6,8-10,12,14-15,20-21,26,29-30,32,34-55,58H2,1-2H3,(H,60,61)/b7-5-,13-11-,18-16-,19-17-,24-22-,25-23-,28-27-,33-31-. The summed E-state index contributed by atoms with van der Waals surface area (Å²) in [5.41, 5.74) is 5.39. The van der Waals surface area contributed by atoms with Gasteiger partial charge in [-0.25, -0.2) is 4.57 Å². The summed E-state index contributed by atoms with van der Waals surface area (Å²) in [6, 6.07) is 0. The normalized spacial score (nSPS) is 14.1. The highest BCUT2D eigenvalue weighted by atomic mass is 31.2. The highest BCUT2D eigenvalue weighted by molar-refractivity contribution is 7.47. The van der Waals surface area contributed by atoms with Crippen LogP contribution in [-0.4, -0.2) is 49.9 Å². The first-order chi connectivity index (χ1) is 32.4. The van der Waals surface area contributed by atoms with Crippen LogP contribution in [0.3, 0.4) is 0 Å². The van der Waals surface area contributed by atoms with E-state index in [2.05, 4.69) is 111 Å². The van der Waals surface area contributed by atoms with Crippen LogP contribution in [-0.2, 0) is 27.9 Å². The van der Waals surface area contributed by atoms with E-state index in [4.69, 9.17) is 24.3 Å². The largest absolute Gasteiger partial charge is 0.472 e. The van der Waals surface area contributed by atoms with Crippen LogP contribution in [0, 0.1) is 0 Å². The van der Waals surface area contributed by atoms with Gasteiger partial charge < -0.3 is 20.1 Å². The number of allylic oxidation sites excluding steroid dienone is 16. The summed E-state index contributed by atoms with van der Waals surface area (Å²) < 4.78 is 33.6. The van der Waals surface area contributed by atoms with Gasteiger partial charge in [-0.15, -0.1) is 0 Å². The zero-order valence-electron chi connectivity index (χ0n) is 42.4. The van der Waals surface area contributed by atoms with E-state index >= 15 is 0 Å². The molecule has 0 fully saturated rings. The van der Waals surface area contributed by atoms with Crippen molar-refractivity contribution in [3.8, 4) is 0 Å². The minimum Gasteiger partial charge on any atom is -0.457 e. The van der Waals surface area contributed by atoms with Crippen LogP contribution in [0.5, 0.6) is 0 Å². The number of carbonyl (C=O) groups is 1. The molecule has 0 aromatic carbocycles. The number of unbranched alkanes of at least 4 members (excludes halogenated alkanes) is 21. The molecule has 0 aliphatic carbocycles. The second-order valence-corrected chi connectivity index (χ2v) is 18.8. The smallest absolute Gasteiger partial charge is 0.457 e. The highest BCUT2D eigenvalue weighted by Crippen LogP contribution is 2.43. The lowest BCUT2D eigenvalue weighted by Crippen LogP contribution is -2.28. The summed E-state index contributed by atoms with van der Waals surface area (Å²) in [4.78, 5) is 22.6. The predicted octanol–water partition coefficient (Wildman–Crippen LogP) is 17.0. The molecule has 9 heteroatoms. The molecule has 0 bridgehead atoms. The lowest BCUT2D eigenvalue weighted by atomic mass is 10.1. The molecule has 0 aliphatic rings. The fraction of sp³-hybridized carbons (Fsp3) is 0.702. The van der Waals surface area contributed by atoms with E-state index in [1.165, 1.54) is 109 Å². The summed E-state index contributed by atoms with van der Waals surface area (Å²) in [5, 5.41) is 0. The van der Waals surface area contributed by atoms with Crippen molar-refractivity contribution in [2.75, 3.05) is 33.0 Å². The van der Waals surface area contributed by atoms with Crippen LogP contribution >= 0.6 is 7.82 Å². The Morgan fingerprint density at radius 1 is 0.470 bits per heavy atom. The Balaban J connectivity index is 4.00. The number of esters is 1. The monoisotopic (exact) mass is 942 g/mol. The number of rotatable bonds is 50. The molecule has 66 heavy (non-hydrogen) atoms. The summed E-state index contributed by atoms with van der Waals surface area (Å²) in [5.74, 6) is -0.341. The molecule has 0 aromatic rings. The number of ether oxygens (including phenoxy) is 2. The number of phosphoric acid groups is 1. The summed E-state index contributed by atoms with van der Waals surface area (Å²) >= 11 is 0. The van der Waals surface area contributed by atoms with Gasteiger partial charge >= 0.3 is 13.8 Å². The maximum atomic E-state index is 12.7. The average Bonchev–Trinajstić information content (AvgIpc) is 3.31. The van der Waals surface area contributed by atoms with Crippen LogP contribution in [0.1, 0.15) is 219 Å². The summed E-state index contributed by atoms with van der Waals surface area (Å²) in [6.07, 6.45) is 71.5. The third-order valence-corrected chi connectivity index (χ3v) is 12.0. The third kappa shape index (κ3) is 52.4. The van der Waals surface area contributed by atoms with E-state index in [9.17, 15) is 14.3 Å². The van der Waals surface area contributed by atoms with Crippen LogP contribution in [0.25, 0.3) is 0 Å². The lowest BCUT2D eigenvalue weighted by Gasteiger charge is -2.20. The number of carbonyl (C=O) groups excluding carboxylic acids is 1. The van der Waals surface area contributed by atoms with E-state index in [1.807, 2.05) is 0 Å². The van der Waals surface area contributed by atoms with Crippen molar-refractivity contribution >= 4 is 13.8 Å². The Morgan fingerprint density at radius 2 is 0.848 bits per heavy atom. The van der Waals surface area contributed by atoms with E-state index in [1.54, 1.807) is 0 Å². The molecule has 3 N–H and O–H groups in total. The predicted molar refractivity (Wildman–Crippen MR) is 284 cm³/mol. The van der Waals surface area contributed by atoms with Gasteiger partial charge in [0.05, 0.1) is 19.8 Å². The first-order valence-corrected chi connectivity index (χ1v) is 28.2. The fourth-order valence-electron chi connectivity index (χ4n) is 7.09. The molecule has 380 valence electrons. The third-order valence-electron chi connectivity index (χ3n) is 11.0. The molecule has 0 saturated heterocycles. The molecule has 0 spiro atoms. The Bertz CT molecular complexity index is 1330. The zero-order valence-corrected chi connectivity index (χ0v) is 43.3. The maximum absolute atomic E-state index is 12.7. The molecule has 0 rings (SSSR count). The van der Waals surface area contributed by atoms with Crippen LogP contribution in [0.15, 0.2) is 97.2 Å². The van der Waals surface area contributed by atoms with Gasteiger partial charge in [-0.3, -0.25) is 13.8 Å². The highest BCUT2D eigenvalue weighted by Gasteiger charge is 2.25. The van der Waals surface area contributed by atoms with Crippen molar-refractivity contribution in [2.45, 2.75) is 225 Å². The number of nitrogens with two attached hydrogens (primary N) is 1. The number of phosphoric ester groups is 1. The first kappa shape index (κ1) is 63.4. The number of hydrogen-bond donors (Lipinski definition) is 2. The molecule has 0 heterocycles. The molecular formula is C57H100NO7P. The van der Waals surface area contributed by atoms with Gasteiger partial charge in [0.2, 0.25) is 0 Å². The quantitative estimate of drug-likeness (QED) is 0.0268. The Labute approximate surface area is 406 Å². The van der Waals surface area contributed by atoms with Gasteiger partial charge in [-0.05, 0) is 96.3 Å². The van der Waals surface area contributed by atoms with Gasteiger partial charge in [0, 0.05) is 19.6 Å². The Morgan fingerprint density at radius 3 is 1.27 bits per heavy atom. The van der Waals surface area contributed by atoms with E-state index in [0.29, 0.717) is 13.0 Å². The van der Waals surface area contributed by atoms with Crippen LogP contribution < -0.4 is 5.73 Å².